The highest BCUT2D eigenvalue weighted by Gasteiger charge is 2.23. The minimum Gasteiger partial charge on any atom is -0.481 e. The highest BCUT2D eigenvalue weighted by molar-refractivity contribution is 6.42. The fourth-order valence-electron chi connectivity index (χ4n) is 1.52. The van der Waals surface area contributed by atoms with Gasteiger partial charge in [0.05, 0.1) is 16.0 Å². The molecule has 0 fully saturated rings. The number of benzene rings is 1. The number of rotatable bonds is 3. The maximum atomic E-state index is 11.1. The van der Waals surface area contributed by atoms with Crippen LogP contribution in [0.3, 0.4) is 0 Å². The summed E-state index contributed by atoms with van der Waals surface area (Å²) in [7, 11) is 0. The summed E-state index contributed by atoms with van der Waals surface area (Å²) in [5.41, 5.74) is 0.687. The smallest absolute Gasteiger partial charge is 0.311 e. The molecule has 0 saturated carbocycles. The lowest BCUT2D eigenvalue weighted by molar-refractivity contribution is -0.139. The zero-order valence-corrected chi connectivity index (χ0v) is 10.0. The molecule has 0 aliphatic rings. The lowest BCUT2D eigenvalue weighted by Gasteiger charge is -2.16. The SMILES string of the molecule is CC(C)[C@@H](C(=O)O)c1ccc(Cl)c(Cl)c1. The average molecular weight is 247 g/mol. The van der Waals surface area contributed by atoms with Crippen LogP contribution in [0.25, 0.3) is 0 Å². The van der Waals surface area contributed by atoms with Gasteiger partial charge in [-0.05, 0) is 23.6 Å². The molecule has 1 atom stereocenters. The van der Waals surface area contributed by atoms with Gasteiger partial charge < -0.3 is 5.11 Å². The van der Waals surface area contributed by atoms with E-state index in [4.69, 9.17) is 28.3 Å². The van der Waals surface area contributed by atoms with Crippen LogP contribution in [0.2, 0.25) is 10.0 Å². The van der Waals surface area contributed by atoms with Crippen LogP contribution in [0, 0.1) is 5.92 Å². The van der Waals surface area contributed by atoms with Crippen LogP contribution in [0.5, 0.6) is 0 Å². The van der Waals surface area contributed by atoms with E-state index in [-0.39, 0.29) is 5.92 Å². The quantitative estimate of drug-likeness (QED) is 0.881. The molecule has 0 heterocycles. The predicted molar refractivity (Wildman–Crippen MR) is 61.7 cm³/mol. The fourth-order valence-corrected chi connectivity index (χ4v) is 1.82. The van der Waals surface area contributed by atoms with Gasteiger partial charge >= 0.3 is 5.97 Å². The highest BCUT2D eigenvalue weighted by Crippen LogP contribution is 2.30. The Bertz CT molecular complexity index is 375. The summed E-state index contributed by atoms with van der Waals surface area (Å²) >= 11 is 11.6. The first kappa shape index (κ1) is 12.3. The molecule has 0 amide bonds. The van der Waals surface area contributed by atoms with Gasteiger partial charge in [-0.3, -0.25) is 4.79 Å². The van der Waals surface area contributed by atoms with E-state index >= 15 is 0 Å². The number of hydrogen-bond donors (Lipinski definition) is 1. The van der Waals surface area contributed by atoms with E-state index in [1.807, 2.05) is 13.8 Å². The Morgan fingerprint density at radius 1 is 1.27 bits per heavy atom. The fraction of sp³-hybridized carbons (Fsp3) is 0.364. The van der Waals surface area contributed by atoms with Crippen LogP contribution in [-0.2, 0) is 4.79 Å². The minimum atomic E-state index is -0.844. The zero-order valence-electron chi connectivity index (χ0n) is 8.50. The van der Waals surface area contributed by atoms with Crippen molar-refractivity contribution >= 4 is 29.2 Å². The largest absolute Gasteiger partial charge is 0.481 e. The molecule has 82 valence electrons. The number of carboxylic acids is 1. The van der Waals surface area contributed by atoms with Crippen LogP contribution in [0.1, 0.15) is 25.3 Å². The van der Waals surface area contributed by atoms with E-state index in [1.165, 1.54) is 0 Å². The summed E-state index contributed by atoms with van der Waals surface area (Å²) in [6, 6.07) is 4.94. The van der Waals surface area contributed by atoms with Crippen molar-refractivity contribution in [2.24, 2.45) is 5.92 Å². The van der Waals surface area contributed by atoms with Crippen LogP contribution < -0.4 is 0 Å². The molecule has 2 nitrogen and oxygen atoms in total. The van der Waals surface area contributed by atoms with Crippen molar-refractivity contribution in [2.45, 2.75) is 19.8 Å². The third kappa shape index (κ3) is 2.86. The van der Waals surface area contributed by atoms with Gasteiger partial charge in [0.15, 0.2) is 0 Å². The summed E-state index contributed by atoms with van der Waals surface area (Å²) in [5.74, 6) is -1.37. The Kier molecular flexibility index (Phi) is 4.00. The molecule has 0 saturated heterocycles. The number of carboxylic acid groups (broad SMARTS) is 1. The van der Waals surface area contributed by atoms with Crippen molar-refractivity contribution in [3.63, 3.8) is 0 Å². The topological polar surface area (TPSA) is 37.3 Å². The molecule has 0 unspecified atom stereocenters. The van der Waals surface area contributed by atoms with Gasteiger partial charge in [0.2, 0.25) is 0 Å². The Morgan fingerprint density at radius 2 is 1.87 bits per heavy atom. The predicted octanol–water partition coefficient (Wildman–Crippen LogP) is 3.82. The monoisotopic (exact) mass is 246 g/mol. The van der Waals surface area contributed by atoms with Gasteiger partial charge in [0.25, 0.3) is 0 Å². The van der Waals surface area contributed by atoms with E-state index < -0.39 is 11.9 Å². The second kappa shape index (κ2) is 4.86. The minimum absolute atomic E-state index is 0.0137. The second-order valence-electron chi connectivity index (χ2n) is 3.73. The van der Waals surface area contributed by atoms with Crippen LogP contribution in [0.15, 0.2) is 18.2 Å². The Balaban J connectivity index is 3.12. The van der Waals surface area contributed by atoms with E-state index in [9.17, 15) is 4.79 Å². The Labute approximate surface area is 98.8 Å². The van der Waals surface area contributed by atoms with Gasteiger partial charge in [-0.15, -0.1) is 0 Å². The third-order valence-corrected chi connectivity index (χ3v) is 2.97. The second-order valence-corrected chi connectivity index (χ2v) is 4.55. The van der Waals surface area contributed by atoms with Crippen molar-refractivity contribution in [1.82, 2.24) is 0 Å². The van der Waals surface area contributed by atoms with Gasteiger partial charge in [0, 0.05) is 0 Å². The molecular weight excluding hydrogens is 235 g/mol. The number of halogens is 2. The molecule has 0 bridgehead atoms. The first-order chi connectivity index (χ1) is 6.93. The normalized spacial score (nSPS) is 12.9. The Morgan fingerprint density at radius 3 is 2.27 bits per heavy atom. The van der Waals surface area contributed by atoms with Gasteiger partial charge in [0.1, 0.15) is 0 Å². The number of carbonyl (C=O) groups is 1. The molecular formula is C11H12Cl2O2. The van der Waals surface area contributed by atoms with E-state index in [0.717, 1.165) is 0 Å². The average Bonchev–Trinajstić information content (AvgIpc) is 2.10. The molecule has 1 rings (SSSR count). The molecule has 0 radical (unpaired) electrons. The summed E-state index contributed by atoms with van der Waals surface area (Å²) < 4.78 is 0. The van der Waals surface area contributed by atoms with Crippen molar-refractivity contribution in [3.05, 3.63) is 33.8 Å². The van der Waals surface area contributed by atoms with E-state index in [1.54, 1.807) is 18.2 Å². The van der Waals surface area contributed by atoms with Gasteiger partial charge in [-0.2, -0.15) is 0 Å². The van der Waals surface area contributed by atoms with Crippen LogP contribution >= 0.6 is 23.2 Å². The van der Waals surface area contributed by atoms with Gasteiger partial charge in [-0.25, -0.2) is 0 Å². The molecule has 1 aromatic rings. The van der Waals surface area contributed by atoms with Crippen molar-refractivity contribution in [1.29, 1.82) is 0 Å². The lowest BCUT2D eigenvalue weighted by atomic mass is 9.89. The van der Waals surface area contributed by atoms with Crippen LogP contribution in [-0.4, -0.2) is 11.1 Å². The lowest BCUT2D eigenvalue weighted by Crippen LogP contribution is -2.17. The molecule has 0 spiro atoms. The summed E-state index contributed by atoms with van der Waals surface area (Å²) in [6.45, 7) is 3.72. The van der Waals surface area contributed by atoms with Crippen LogP contribution in [0.4, 0.5) is 0 Å². The molecule has 15 heavy (non-hydrogen) atoms. The molecule has 0 aliphatic carbocycles. The first-order valence-electron chi connectivity index (χ1n) is 4.61. The highest BCUT2D eigenvalue weighted by atomic mass is 35.5. The summed E-state index contributed by atoms with van der Waals surface area (Å²) in [4.78, 5) is 11.1. The summed E-state index contributed by atoms with van der Waals surface area (Å²) in [6.07, 6.45) is 0. The van der Waals surface area contributed by atoms with Crippen molar-refractivity contribution in [3.8, 4) is 0 Å². The molecule has 0 aliphatic heterocycles. The molecule has 1 N–H and O–H groups in total. The van der Waals surface area contributed by atoms with Crippen molar-refractivity contribution < 1.29 is 9.90 Å². The first-order valence-corrected chi connectivity index (χ1v) is 5.37. The molecule has 0 aromatic heterocycles. The maximum Gasteiger partial charge on any atom is 0.311 e. The standard InChI is InChI=1S/C11H12Cl2O2/c1-6(2)10(11(14)15)7-3-4-8(12)9(13)5-7/h3-6,10H,1-2H3,(H,14,15)/t10-/m1/s1. The van der Waals surface area contributed by atoms with Gasteiger partial charge in [-0.1, -0.05) is 43.1 Å². The number of aliphatic carboxylic acids is 1. The molecule has 4 heteroatoms. The Hall–Kier alpha value is -0.730. The van der Waals surface area contributed by atoms with E-state index in [0.29, 0.717) is 15.6 Å². The van der Waals surface area contributed by atoms with E-state index in [2.05, 4.69) is 0 Å². The zero-order chi connectivity index (χ0) is 11.6. The molecule has 1 aromatic carbocycles. The van der Waals surface area contributed by atoms with Crippen molar-refractivity contribution in [2.75, 3.05) is 0 Å². The number of hydrogen-bond acceptors (Lipinski definition) is 1. The summed E-state index contributed by atoms with van der Waals surface area (Å²) in [5, 5.41) is 9.91. The maximum absolute atomic E-state index is 11.1. The third-order valence-electron chi connectivity index (χ3n) is 2.24.